The SMILES string of the molecule is CC[C@H]1C[C@@]23OC(=O)/C(=C(\O)[C@@]4(CC)[C@@H]5CC[C@H](C)[C@H](O[C@H]6C[C@@H](O)[C@H](NC(=O)c7[nH]c(Cl)cc7Cl)[C@@H](C)O6)[C@H]5C=C[C@H]4C/C=C\CC(C)=C[C@@]2(C)C=C1C(=O)O)C3=O. The Morgan fingerprint density at radius 1 is 1.10 bits per heavy atom. The maximum Gasteiger partial charge on any atom is 0.346 e. The molecule has 3 fully saturated rings. The molecule has 2 bridgehead atoms. The van der Waals surface area contributed by atoms with Gasteiger partial charge in [-0.3, -0.25) is 9.59 Å². The van der Waals surface area contributed by atoms with E-state index >= 15 is 4.79 Å². The summed E-state index contributed by atoms with van der Waals surface area (Å²) in [5.74, 6) is -4.71. The van der Waals surface area contributed by atoms with Crippen LogP contribution >= 0.6 is 23.2 Å². The van der Waals surface area contributed by atoms with Gasteiger partial charge in [-0.1, -0.05) is 86.0 Å². The predicted molar refractivity (Wildman–Crippen MR) is 220 cm³/mol. The number of aromatic amines is 1. The van der Waals surface area contributed by atoms with Gasteiger partial charge in [-0.25, -0.2) is 9.59 Å². The van der Waals surface area contributed by atoms with Gasteiger partial charge in [0, 0.05) is 29.7 Å². The van der Waals surface area contributed by atoms with Gasteiger partial charge >= 0.3 is 11.9 Å². The van der Waals surface area contributed by atoms with Gasteiger partial charge in [0.25, 0.3) is 5.91 Å². The Kier molecular flexibility index (Phi) is 12.0. The van der Waals surface area contributed by atoms with E-state index in [4.69, 9.17) is 37.4 Å². The van der Waals surface area contributed by atoms with E-state index in [0.29, 0.717) is 32.1 Å². The molecule has 14 heteroatoms. The van der Waals surface area contributed by atoms with Crippen LogP contribution in [0.1, 0.15) is 103 Å². The van der Waals surface area contributed by atoms with Gasteiger partial charge in [0.15, 0.2) is 11.9 Å². The molecule has 3 heterocycles. The van der Waals surface area contributed by atoms with Crippen LogP contribution in [0.25, 0.3) is 0 Å². The summed E-state index contributed by atoms with van der Waals surface area (Å²) in [7, 11) is 0. The molecule has 320 valence electrons. The zero-order chi connectivity index (χ0) is 42.8. The van der Waals surface area contributed by atoms with Gasteiger partial charge in [0.1, 0.15) is 22.2 Å². The maximum absolute atomic E-state index is 15.2. The standard InChI is InChI=1S/C45H56Cl2N2O10/c1-7-25-20-45-39(52)34(42(56)59-45)38(51)44(8-2)26(12-10-9-11-22(3)19-43(45,6)21-28(25)41(54)55)14-15-27-29(44)16-13-23(4)37(27)58-33-18-31(50)35(24(5)57-33)49-40(53)36-30(46)17-32(47)48-36/h9-10,14-15,17,19,21,23-27,29,31,33,35,37,48,50-51H,7-8,11-13,16,18,20H2,1-6H3,(H,49,53)(H,54,55)/b10-9-,22-19?,38-34-/t23-,24+,25-,26+,27-,29+,31+,33-,35+,37-,43-,44+,45-/m0/s1. The highest BCUT2D eigenvalue weighted by atomic mass is 35.5. The number of Topliss-reactive ketones (excluding diaryl/α,β-unsaturated/α-hetero) is 1. The summed E-state index contributed by atoms with van der Waals surface area (Å²) in [5.41, 5.74) is -3.32. The Labute approximate surface area is 355 Å². The number of aromatic nitrogens is 1. The van der Waals surface area contributed by atoms with Crippen LogP contribution in [0.3, 0.4) is 0 Å². The summed E-state index contributed by atoms with van der Waals surface area (Å²) in [4.78, 5) is 57.7. The first-order chi connectivity index (χ1) is 27.9. The Balaban J connectivity index is 1.23. The van der Waals surface area contributed by atoms with Gasteiger partial charge in [-0.05, 0) is 89.0 Å². The molecule has 1 aromatic rings. The van der Waals surface area contributed by atoms with Crippen molar-refractivity contribution in [1.82, 2.24) is 10.3 Å². The number of hydrogen-bond donors (Lipinski definition) is 5. The van der Waals surface area contributed by atoms with E-state index in [1.807, 2.05) is 26.8 Å². The molecule has 0 unspecified atom stereocenters. The third-order valence-corrected chi connectivity index (χ3v) is 14.9. The quantitative estimate of drug-likeness (QED) is 0.102. The Morgan fingerprint density at radius 3 is 2.49 bits per heavy atom. The van der Waals surface area contributed by atoms with Crippen molar-refractivity contribution in [3.63, 3.8) is 0 Å². The number of H-pyrrole nitrogens is 1. The zero-order valence-electron chi connectivity index (χ0n) is 34.4. The Hall–Kier alpha value is -3.68. The van der Waals surface area contributed by atoms with Crippen LogP contribution in [0, 0.1) is 40.4 Å². The second-order valence-electron chi connectivity index (χ2n) is 17.8. The molecule has 12 nitrogen and oxygen atoms in total. The van der Waals surface area contributed by atoms with Gasteiger partial charge in [-0.15, -0.1) is 0 Å². The molecule has 0 radical (unpaired) electrons. The van der Waals surface area contributed by atoms with Crippen LogP contribution < -0.4 is 5.32 Å². The minimum atomic E-state index is -1.75. The lowest BCUT2D eigenvalue weighted by molar-refractivity contribution is -0.258. The topological polar surface area (TPSA) is 184 Å². The van der Waals surface area contributed by atoms with E-state index in [1.165, 1.54) is 6.07 Å². The van der Waals surface area contributed by atoms with E-state index < -0.39 is 76.6 Å². The van der Waals surface area contributed by atoms with Crippen molar-refractivity contribution < 1.29 is 48.7 Å². The molecule has 2 saturated heterocycles. The largest absolute Gasteiger partial charge is 0.511 e. The number of carbonyl (C=O) groups is 4. The lowest BCUT2D eigenvalue weighted by atomic mass is 9.51. The van der Waals surface area contributed by atoms with Crippen LogP contribution in [0.5, 0.6) is 0 Å². The highest BCUT2D eigenvalue weighted by Gasteiger charge is 2.67. The van der Waals surface area contributed by atoms with Crippen molar-refractivity contribution in [2.75, 3.05) is 0 Å². The number of nitrogens with one attached hydrogen (secondary N) is 2. The van der Waals surface area contributed by atoms with E-state index in [2.05, 4.69) is 41.5 Å². The number of hydrogen-bond acceptors (Lipinski definition) is 9. The first-order valence-corrected chi connectivity index (χ1v) is 21.7. The average Bonchev–Trinajstić information content (AvgIpc) is 3.65. The van der Waals surface area contributed by atoms with Gasteiger partial charge in [0.05, 0.1) is 34.8 Å². The molecular formula is C45H56Cl2N2O10. The molecule has 1 aromatic heterocycles. The van der Waals surface area contributed by atoms with Crippen molar-refractivity contribution in [2.45, 2.75) is 129 Å². The predicted octanol–water partition coefficient (Wildman–Crippen LogP) is 7.97. The number of ether oxygens (including phenoxy) is 3. The highest BCUT2D eigenvalue weighted by molar-refractivity contribution is 6.36. The summed E-state index contributed by atoms with van der Waals surface area (Å²) in [6.07, 6.45) is 12.3. The number of esters is 1. The third-order valence-electron chi connectivity index (χ3n) is 14.4. The number of aliphatic hydroxyl groups excluding tert-OH is 2. The fourth-order valence-electron chi connectivity index (χ4n) is 11.4. The summed E-state index contributed by atoms with van der Waals surface area (Å²) < 4.78 is 19.4. The maximum atomic E-state index is 15.2. The summed E-state index contributed by atoms with van der Waals surface area (Å²) in [6.45, 7) is 11.4. The molecule has 5 N–H and O–H groups in total. The molecule has 1 saturated carbocycles. The molecule has 2 aliphatic heterocycles. The smallest absolute Gasteiger partial charge is 0.346 e. The number of amides is 1. The van der Waals surface area contributed by atoms with Crippen molar-refractivity contribution in [2.24, 2.45) is 40.4 Å². The Morgan fingerprint density at radius 2 is 1.85 bits per heavy atom. The number of halogens is 2. The van der Waals surface area contributed by atoms with Gasteiger partial charge < -0.3 is 39.8 Å². The highest BCUT2D eigenvalue weighted by Crippen LogP contribution is 2.61. The molecule has 0 aromatic carbocycles. The number of carboxylic acids is 1. The molecule has 13 atom stereocenters. The molecule has 4 aliphatic carbocycles. The molecule has 1 spiro atoms. The fourth-order valence-corrected chi connectivity index (χ4v) is 11.9. The van der Waals surface area contributed by atoms with Crippen molar-refractivity contribution >= 4 is 46.8 Å². The van der Waals surface area contributed by atoms with Crippen molar-refractivity contribution in [1.29, 1.82) is 0 Å². The number of carbonyl (C=O) groups excluding carboxylic acids is 3. The lowest BCUT2D eigenvalue weighted by Gasteiger charge is -2.55. The summed E-state index contributed by atoms with van der Waals surface area (Å²) in [6, 6.07) is 0.664. The Bertz CT molecular complexity index is 2040. The zero-order valence-corrected chi connectivity index (χ0v) is 35.9. The number of aliphatic carboxylic acids is 1. The number of ketones is 1. The molecular weight excluding hydrogens is 799 g/mol. The lowest BCUT2D eigenvalue weighted by Crippen LogP contribution is -2.58. The fraction of sp³-hybridized carbons (Fsp3) is 0.600. The van der Waals surface area contributed by atoms with Crippen LogP contribution in [0.15, 0.2) is 65.0 Å². The normalized spacial score (nSPS) is 41.4. The van der Waals surface area contributed by atoms with Gasteiger partial charge in [-0.2, -0.15) is 0 Å². The first kappa shape index (κ1) is 43.4. The second kappa shape index (κ2) is 16.3. The van der Waals surface area contributed by atoms with Gasteiger partial charge in [0.2, 0.25) is 5.78 Å². The number of rotatable bonds is 7. The van der Waals surface area contributed by atoms with E-state index in [1.54, 1.807) is 19.9 Å². The molecule has 1 amide bonds. The summed E-state index contributed by atoms with van der Waals surface area (Å²) in [5, 5.41) is 37.6. The third kappa shape index (κ3) is 7.24. The number of allylic oxidation sites excluding steroid dienone is 5. The number of carboxylic acid groups (broad SMARTS) is 1. The van der Waals surface area contributed by atoms with Crippen LogP contribution in [0.4, 0.5) is 0 Å². The van der Waals surface area contributed by atoms with E-state index in [0.717, 1.165) is 12.0 Å². The van der Waals surface area contributed by atoms with Crippen LogP contribution in [-0.2, 0) is 28.6 Å². The minimum absolute atomic E-state index is 0.0225. The molecule has 59 heavy (non-hydrogen) atoms. The number of aliphatic hydroxyl groups is 2. The minimum Gasteiger partial charge on any atom is -0.511 e. The molecule has 7 rings (SSSR count). The summed E-state index contributed by atoms with van der Waals surface area (Å²) >= 11 is 12.2. The second-order valence-corrected chi connectivity index (χ2v) is 18.6. The average molecular weight is 856 g/mol. The van der Waals surface area contributed by atoms with E-state index in [9.17, 15) is 29.7 Å². The first-order valence-electron chi connectivity index (χ1n) is 20.9. The van der Waals surface area contributed by atoms with Crippen molar-refractivity contribution in [3.05, 3.63) is 80.9 Å². The van der Waals surface area contributed by atoms with E-state index in [-0.39, 0.29) is 69.3 Å². The molecule has 6 aliphatic rings. The number of fused-ring (bicyclic) bond motifs is 4. The van der Waals surface area contributed by atoms with Crippen LogP contribution in [-0.4, -0.2) is 80.2 Å². The monoisotopic (exact) mass is 854 g/mol. The van der Waals surface area contributed by atoms with Crippen LogP contribution in [0.2, 0.25) is 10.2 Å². The van der Waals surface area contributed by atoms with Crippen molar-refractivity contribution in [3.8, 4) is 0 Å².